The van der Waals surface area contributed by atoms with Crippen LogP contribution in [0.5, 0.6) is 5.75 Å². The highest BCUT2D eigenvalue weighted by Gasteiger charge is 2.29. The van der Waals surface area contributed by atoms with Gasteiger partial charge in [0.05, 0.1) is 35.7 Å². The molecular weight excluding hydrogens is 386 g/mol. The zero-order valence-electron chi connectivity index (χ0n) is 15.4. The van der Waals surface area contributed by atoms with Gasteiger partial charge in [-0.15, -0.1) is 5.53 Å². The Morgan fingerprint density at radius 2 is 1.78 bits per heavy atom. The normalized spacial score (nSPS) is 14.6. The van der Waals surface area contributed by atoms with Crippen LogP contribution >= 0.6 is 11.6 Å². The number of para-hydroxylation sites is 1. The van der Waals surface area contributed by atoms with Crippen LogP contribution in [0.3, 0.4) is 0 Å². The summed E-state index contributed by atoms with van der Waals surface area (Å²) in [5, 5.41) is 3.22. The van der Waals surface area contributed by atoms with Crippen LogP contribution in [0.2, 0.25) is 0 Å². The van der Waals surface area contributed by atoms with E-state index >= 15 is 0 Å². The summed E-state index contributed by atoms with van der Waals surface area (Å²) in [5.74, 6) is 0.788. The number of rotatable bonds is 6. The molecule has 2 aromatic carbocycles. The standard InChI is InChI=1S/C19H22ClN3O3S/c1-14(2)27(24,25)18-7-5-4-6-17(18)23-19(20)13-22(21-23)12-15-8-10-16(26-3)11-9-15/h4-11,13-14,21H,12H2,1-3H3. The number of benzene rings is 2. The Hall–Kier alpha value is -2.22. The van der Waals surface area contributed by atoms with Crippen LogP contribution in [-0.4, -0.2) is 25.8 Å². The minimum absolute atomic E-state index is 0.241. The first-order valence-corrected chi connectivity index (χ1v) is 10.4. The summed E-state index contributed by atoms with van der Waals surface area (Å²) in [6.07, 6.45) is 1.73. The molecule has 0 radical (unpaired) electrons. The fraction of sp³-hybridized carbons (Fsp3) is 0.263. The second-order valence-electron chi connectivity index (χ2n) is 6.42. The number of sulfone groups is 1. The number of nitrogens with one attached hydrogen (secondary N) is 1. The van der Waals surface area contributed by atoms with Gasteiger partial charge in [-0.3, -0.25) is 5.01 Å². The van der Waals surface area contributed by atoms with E-state index in [9.17, 15) is 8.42 Å². The molecule has 8 heteroatoms. The third-order valence-corrected chi connectivity index (χ3v) is 6.72. The molecule has 1 aliphatic heterocycles. The molecule has 6 nitrogen and oxygen atoms in total. The molecule has 0 unspecified atom stereocenters. The lowest BCUT2D eigenvalue weighted by Crippen LogP contribution is -2.40. The van der Waals surface area contributed by atoms with E-state index in [0.717, 1.165) is 11.3 Å². The van der Waals surface area contributed by atoms with Gasteiger partial charge in [-0.25, -0.2) is 13.4 Å². The predicted molar refractivity (Wildman–Crippen MR) is 107 cm³/mol. The molecule has 3 rings (SSSR count). The zero-order chi connectivity index (χ0) is 19.6. The maximum atomic E-state index is 12.7. The monoisotopic (exact) mass is 407 g/mol. The number of nitrogens with zero attached hydrogens (tertiary/aromatic N) is 2. The van der Waals surface area contributed by atoms with Crippen LogP contribution in [0.1, 0.15) is 19.4 Å². The van der Waals surface area contributed by atoms with E-state index in [1.807, 2.05) is 24.3 Å². The Morgan fingerprint density at radius 1 is 1.11 bits per heavy atom. The molecule has 0 saturated heterocycles. The molecule has 0 spiro atoms. The molecule has 0 aromatic heterocycles. The van der Waals surface area contributed by atoms with Crippen molar-refractivity contribution in [2.45, 2.75) is 30.5 Å². The Kier molecular flexibility index (Phi) is 5.64. The van der Waals surface area contributed by atoms with Gasteiger partial charge >= 0.3 is 0 Å². The third kappa shape index (κ3) is 4.05. The van der Waals surface area contributed by atoms with Gasteiger partial charge in [0.25, 0.3) is 0 Å². The average molecular weight is 408 g/mol. The number of hydrogen-bond acceptors (Lipinski definition) is 6. The van der Waals surface area contributed by atoms with Crippen molar-refractivity contribution in [2.24, 2.45) is 0 Å². The second-order valence-corrected chi connectivity index (χ2v) is 9.28. The fourth-order valence-electron chi connectivity index (χ4n) is 2.71. The third-order valence-electron chi connectivity index (χ3n) is 4.25. The average Bonchev–Trinajstić information content (AvgIpc) is 3.02. The van der Waals surface area contributed by atoms with Crippen molar-refractivity contribution in [3.8, 4) is 5.75 Å². The van der Waals surface area contributed by atoms with Crippen LogP contribution in [-0.2, 0) is 16.4 Å². The molecule has 2 aromatic rings. The van der Waals surface area contributed by atoms with Gasteiger partial charge in [0, 0.05) is 0 Å². The smallest absolute Gasteiger partial charge is 0.182 e. The number of hydrazine groups is 2. The second kappa shape index (κ2) is 7.80. The Bertz CT molecular complexity index is 943. The van der Waals surface area contributed by atoms with E-state index in [0.29, 0.717) is 17.4 Å². The van der Waals surface area contributed by atoms with E-state index in [2.05, 4.69) is 5.53 Å². The lowest BCUT2D eigenvalue weighted by atomic mass is 10.2. The van der Waals surface area contributed by atoms with Crippen molar-refractivity contribution in [3.05, 3.63) is 65.5 Å². The summed E-state index contributed by atoms with van der Waals surface area (Å²) in [7, 11) is -1.83. The lowest BCUT2D eigenvalue weighted by molar-refractivity contribution is 0.286. The maximum absolute atomic E-state index is 12.7. The predicted octanol–water partition coefficient (Wildman–Crippen LogP) is 3.66. The molecule has 1 heterocycles. The summed E-state index contributed by atoms with van der Waals surface area (Å²) in [4.78, 5) is 0.241. The molecule has 0 saturated carbocycles. The molecule has 144 valence electrons. The van der Waals surface area contributed by atoms with Gasteiger partial charge in [-0.2, -0.15) is 0 Å². The Balaban J connectivity index is 1.83. The first kappa shape index (κ1) is 19.5. The van der Waals surface area contributed by atoms with E-state index in [-0.39, 0.29) is 4.90 Å². The largest absolute Gasteiger partial charge is 0.497 e. The van der Waals surface area contributed by atoms with E-state index in [1.54, 1.807) is 61.4 Å². The molecule has 0 bridgehead atoms. The van der Waals surface area contributed by atoms with Crippen LogP contribution in [0, 0.1) is 0 Å². The van der Waals surface area contributed by atoms with Gasteiger partial charge in [0.1, 0.15) is 10.9 Å². The van der Waals surface area contributed by atoms with E-state index in [1.165, 1.54) is 0 Å². The molecule has 0 aliphatic carbocycles. The topological polar surface area (TPSA) is 61.9 Å². The maximum Gasteiger partial charge on any atom is 0.182 e. The first-order valence-electron chi connectivity index (χ1n) is 8.49. The Labute approximate surface area is 164 Å². The first-order chi connectivity index (χ1) is 12.8. The van der Waals surface area contributed by atoms with Gasteiger partial charge in [-0.05, 0) is 43.7 Å². The highest BCUT2D eigenvalue weighted by molar-refractivity contribution is 7.92. The van der Waals surface area contributed by atoms with Gasteiger partial charge < -0.3 is 4.74 Å². The number of hydrogen-bond donors (Lipinski definition) is 1. The Morgan fingerprint density at radius 3 is 2.41 bits per heavy atom. The summed E-state index contributed by atoms with van der Waals surface area (Å²) < 4.78 is 30.6. The van der Waals surface area contributed by atoms with Gasteiger partial charge in [0.15, 0.2) is 9.84 Å². The number of halogens is 1. The molecule has 1 N–H and O–H groups in total. The van der Waals surface area contributed by atoms with E-state index in [4.69, 9.17) is 16.3 Å². The number of methoxy groups -OCH3 is 1. The van der Waals surface area contributed by atoms with Crippen LogP contribution in [0.25, 0.3) is 0 Å². The van der Waals surface area contributed by atoms with Crippen LogP contribution in [0.15, 0.2) is 64.8 Å². The molecular formula is C19H22ClN3O3S. The van der Waals surface area contributed by atoms with Crippen molar-refractivity contribution in [1.29, 1.82) is 0 Å². The number of ether oxygens (including phenoxy) is 1. The zero-order valence-corrected chi connectivity index (χ0v) is 17.0. The number of anilines is 1. The van der Waals surface area contributed by atoms with Gasteiger partial charge in [0.2, 0.25) is 0 Å². The van der Waals surface area contributed by atoms with Crippen LogP contribution in [0.4, 0.5) is 5.69 Å². The highest BCUT2D eigenvalue weighted by Crippen LogP contribution is 2.32. The van der Waals surface area contributed by atoms with Crippen molar-refractivity contribution in [2.75, 3.05) is 12.1 Å². The summed E-state index contributed by atoms with van der Waals surface area (Å²) in [5.41, 5.74) is 4.67. The van der Waals surface area contributed by atoms with Crippen molar-refractivity contribution in [1.82, 2.24) is 10.5 Å². The minimum Gasteiger partial charge on any atom is -0.497 e. The summed E-state index contributed by atoms with van der Waals surface area (Å²) in [6.45, 7) is 3.88. The highest BCUT2D eigenvalue weighted by atomic mass is 35.5. The molecule has 1 aliphatic rings. The molecule has 0 atom stereocenters. The van der Waals surface area contributed by atoms with Crippen molar-refractivity contribution < 1.29 is 13.2 Å². The SMILES string of the molecule is COc1ccc(CN2C=C(Cl)N(c3ccccc3S(=O)(=O)C(C)C)N2)cc1. The lowest BCUT2D eigenvalue weighted by Gasteiger charge is -2.25. The van der Waals surface area contributed by atoms with E-state index < -0.39 is 15.1 Å². The quantitative estimate of drug-likeness (QED) is 0.737. The molecule has 0 fully saturated rings. The molecule has 27 heavy (non-hydrogen) atoms. The molecule has 0 amide bonds. The summed E-state index contributed by atoms with van der Waals surface area (Å²) in [6, 6.07) is 14.5. The van der Waals surface area contributed by atoms with Crippen molar-refractivity contribution in [3.63, 3.8) is 0 Å². The van der Waals surface area contributed by atoms with Gasteiger partial charge in [-0.1, -0.05) is 35.9 Å². The minimum atomic E-state index is -3.45. The fourth-order valence-corrected chi connectivity index (χ4v) is 4.18. The van der Waals surface area contributed by atoms with Crippen LogP contribution < -0.4 is 15.3 Å². The summed E-state index contributed by atoms with van der Waals surface area (Å²) >= 11 is 6.39. The van der Waals surface area contributed by atoms with Crippen molar-refractivity contribution >= 4 is 27.1 Å².